The Morgan fingerprint density at radius 2 is 2.15 bits per heavy atom. The Hall–Kier alpha value is -1.36. The summed E-state index contributed by atoms with van der Waals surface area (Å²) in [6.07, 6.45) is 5.76. The number of hydrogen-bond acceptors (Lipinski definition) is 4. The Bertz CT molecular complexity index is 492. The van der Waals surface area contributed by atoms with E-state index in [2.05, 4.69) is 11.6 Å². The maximum Gasteiger partial charge on any atom is 0.253 e. The van der Waals surface area contributed by atoms with Gasteiger partial charge in [0.2, 0.25) is 0 Å². The number of carbonyl (C=O) groups is 1. The van der Waals surface area contributed by atoms with Crippen LogP contribution in [0.3, 0.4) is 0 Å². The molecule has 2 rings (SSSR count). The number of rotatable bonds is 5. The van der Waals surface area contributed by atoms with Gasteiger partial charge in [0, 0.05) is 36.8 Å². The third-order valence-corrected chi connectivity index (χ3v) is 5.43. The van der Waals surface area contributed by atoms with Crippen LogP contribution in [-0.4, -0.2) is 37.6 Å². The average Bonchev–Trinajstić information content (AvgIpc) is 2.37. The molecule has 1 fully saturated rings. The predicted molar refractivity (Wildman–Crippen MR) is 87.6 cm³/mol. The van der Waals surface area contributed by atoms with Gasteiger partial charge in [0.15, 0.2) is 0 Å². The summed E-state index contributed by atoms with van der Waals surface area (Å²) in [4.78, 5) is 14.4. The molecule has 0 aliphatic heterocycles. The molecule has 110 valence electrons. The monoisotopic (exact) mass is 293 g/mol. The molecule has 20 heavy (non-hydrogen) atoms. The molecule has 1 aromatic rings. The third kappa shape index (κ3) is 3.03. The zero-order valence-electron chi connectivity index (χ0n) is 12.4. The zero-order valence-corrected chi connectivity index (χ0v) is 13.2. The minimum absolute atomic E-state index is 0.0404. The Labute approximate surface area is 125 Å². The summed E-state index contributed by atoms with van der Waals surface area (Å²) in [6, 6.07) is 5.45. The largest absolute Gasteiger partial charge is 0.399 e. The van der Waals surface area contributed by atoms with E-state index in [4.69, 9.17) is 5.73 Å². The summed E-state index contributed by atoms with van der Waals surface area (Å²) in [5.41, 5.74) is 7.96. The van der Waals surface area contributed by atoms with Crippen LogP contribution in [0.25, 0.3) is 0 Å². The first-order chi connectivity index (χ1) is 9.47. The molecule has 1 amide bonds. The van der Waals surface area contributed by atoms with Gasteiger partial charge < -0.3 is 16.0 Å². The van der Waals surface area contributed by atoms with Crippen molar-refractivity contribution in [1.29, 1.82) is 0 Å². The SMILES string of the molecule is CSC1(CNC(=O)c2cc(N)ccc2N(C)C)CCC1. The maximum absolute atomic E-state index is 12.4. The lowest BCUT2D eigenvalue weighted by Gasteiger charge is -2.40. The molecule has 0 atom stereocenters. The zero-order chi connectivity index (χ0) is 14.8. The van der Waals surface area contributed by atoms with Gasteiger partial charge in [-0.25, -0.2) is 0 Å². The smallest absolute Gasteiger partial charge is 0.253 e. The summed E-state index contributed by atoms with van der Waals surface area (Å²) < 4.78 is 0.244. The highest BCUT2D eigenvalue weighted by atomic mass is 32.2. The molecule has 0 aromatic heterocycles. The molecule has 1 aromatic carbocycles. The standard InChI is InChI=1S/C15H23N3OS/c1-18(2)13-6-5-11(16)9-12(13)14(19)17-10-15(20-3)7-4-8-15/h5-6,9H,4,7-8,10,16H2,1-3H3,(H,17,19). The van der Waals surface area contributed by atoms with Crippen molar-refractivity contribution < 1.29 is 4.79 Å². The number of nitrogens with zero attached hydrogens (tertiary/aromatic N) is 1. The fourth-order valence-electron chi connectivity index (χ4n) is 2.49. The number of hydrogen-bond donors (Lipinski definition) is 2. The van der Waals surface area contributed by atoms with Crippen LogP contribution in [0.1, 0.15) is 29.6 Å². The van der Waals surface area contributed by atoms with Crippen molar-refractivity contribution in [3.63, 3.8) is 0 Å². The fraction of sp³-hybridized carbons (Fsp3) is 0.533. The number of nitrogens with one attached hydrogen (secondary N) is 1. The topological polar surface area (TPSA) is 58.4 Å². The maximum atomic E-state index is 12.4. The van der Waals surface area contributed by atoms with Crippen molar-refractivity contribution in [2.45, 2.75) is 24.0 Å². The van der Waals surface area contributed by atoms with E-state index >= 15 is 0 Å². The first kappa shape index (κ1) is 15.0. The Morgan fingerprint density at radius 1 is 1.45 bits per heavy atom. The molecule has 5 heteroatoms. The number of benzene rings is 1. The number of nitrogens with two attached hydrogens (primary N) is 1. The molecule has 0 heterocycles. The fourth-order valence-corrected chi connectivity index (χ4v) is 3.40. The van der Waals surface area contributed by atoms with E-state index in [0.29, 0.717) is 11.3 Å². The van der Waals surface area contributed by atoms with Gasteiger partial charge in [-0.3, -0.25) is 4.79 Å². The Morgan fingerprint density at radius 3 is 2.65 bits per heavy atom. The first-order valence-corrected chi connectivity index (χ1v) is 8.10. The normalized spacial score (nSPS) is 16.4. The summed E-state index contributed by atoms with van der Waals surface area (Å²) in [7, 11) is 3.86. The van der Waals surface area contributed by atoms with E-state index in [1.54, 1.807) is 6.07 Å². The predicted octanol–water partition coefficient (Wildman–Crippen LogP) is 2.35. The van der Waals surface area contributed by atoms with Crippen molar-refractivity contribution in [2.75, 3.05) is 37.5 Å². The highest BCUT2D eigenvalue weighted by Crippen LogP contribution is 2.42. The quantitative estimate of drug-likeness (QED) is 0.818. The van der Waals surface area contributed by atoms with Crippen LogP contribution in [-0.2, 0) is 0 Å². The van der Waals surface area contributed by atoms with Crippen molar-refractivity contribution in [1.82, 2.24) is 5.32 Å². The summed E-state index contributed by atoms with van der Waals surface area (Å²) in [6.45, 7) is 0.731. The van der Waals surface area contributed by atoms with Crippen LogP contribution < -0.4 is 16.0 Å². The number of thioether (sulfide) groups is 1. The van der Waals surface area contributed by atoms with E-state index in [-0.39, 0.29) is 10.7 Å². The summed E-state index contributed by atoms with van der Waals surface area (Å²) in [5, 5.41) is 3.07. The van der Waals surface area contributed by atoms with Gasteiger partial charge in [-0.05, 0) is 37.3 Å². The van der Waals surface area contributed by atoms with E-state index in [1.165, 1.54) is 19.3 Å². The van der Waals surface area contributed by atoms with Crippen molar-refractivity contribution >= 4 is 29.0 Å². The van der Waals surface area contributed by atoms with Gasteiger partial charge in [0.05, 0.1) is 5.56 Å². The molecule has 4 nitrogen and oxygen atoms in total. The van der Waals surface area contributed by atoms with E-state index in [1.807, 2.05) is 42.9 Å². The lowest BCUT2D eigenvalue weighted by Crippen LogP contribution is -2.45. The minimum atomic E-state index is -0.0404. The number of amides is 1. The van der Waals surface area contributed by atoms with Gasteiger partial charge in [-0.15, -0.1) is 0 Å². The van der Waals surface area contributed by atoms with Crippen molar-refractivity contribution in [3.05, 3.63) is 23.8 Å². The van der Waals surface area contributed by atoms with Crippen LogP contribution in [0.2, 0.25) is 0 Å². The van der Waals surface area contributed by atoms with Gasteiger partial charge in [-0.1, -0.05) is 6.42 Å². The first-order valence-electron chi connectivity index (χ1n) is 6.88. The molecule has 1 aliphatic rings. The van der Waals surface area contributed by atoms with Gasteiger partial charge in [-0.2, -0.15) is 11.8 Å². The van der Waals surface area contributed by atoms with E-state index < -0.39 is 0 Å². The molecule has 1 aliphatic carbocycles. The molecule has 0 bridgehead atoms. The molecule has 1 saturated carbocycles. The molecular formula is C15H23N3OS. The van der Waals surface area contributed by atoms with Gasteiger partial charge in [0.1, 0.15) is 0 Å². The molecule has 3 N–H and O–H groups in total. The molecule has 0 spiro atoms. The summed E-state index contributed by atoms with van der Waals surface area (Å²) in [5.74, 6) is -0.0404. The Balaban J connectivity index is 2.10. The molecule has 0 saturated heterocycles. The minimum Gasteiger partial charge on any atom is -0.399 e. The van der Waals surface area contributed by atoms with E-state index in [9.17, 15) is 4.79 Å². The Kier molecular flexibility index (Phi) is 4.48. The van der Waals surface area contributed by atoms with Gasteiger partial charge in [0.25, 0.3) is 5.91 Å². The molecule has 0 radical (unpaired) electrons. The lowest BCUT2D eigenvalue weighted by atomic mass is 9.84. The highest BCUT2D eigenvalue weighted by molar-refractivity contribution is 8.00. The summed E-state index contributed by atoms with van der Waals surface area (Å²) >= 11 is 1.86. The highest BCUT2D eigenvalue weighted by Gasteiger charge is 2.36. The molecular weight excluding hydrogens is 270 g/mol. The van der Waals surface area contributed by atoms with Crippen molar-refractivity contribution in [2.24, 2.45) is 0 Å². The van der Waals surface area contributed by atoms with Crippen LogP contribution in [0, 0.1) is 0 Å². The second-order valence-corrected chi connectivity index (χ2v) is 6.87. The number of nitrogen functional groups attached to an aromatic ring is 1. The van der Waals surface area contributed by atoms with Gasteiger partial charge >= 0.3 is 0 Å². The van der Waals surface area contributed by atoms with Crippen LogP contribution in [0.15, 0.2) is 18.2 Å². The lowest BCUT2D eigenvalue weighted by molar-refractivity contribution is 0.0944. The number of carbonyl (C=O) groups excluding carboxylic acids is 1. The van der Waals surface area contributed by atoms with Crippen LogP contribution in [0.4, 0.5) is 11.4 Å². The molecule has 0 unspecified atom stereocenters. The second-order valence-electron chi connectivity index (χ2n) is 5.59. The van der Waals surface area contributed by atoms with Crippen LogP contribution in [0.5, 0.6) is 0 Å². The average molecular weight is 293 g/mol. The second kappa shape index (κ2) is 5.95. The third-order valence-electron chi connectivity index (χ3n) is 4.02. The number of anilines is 2. The van der Waals surface area contributed by atoms with Crippen molar-refractivity contribution in [3.8, 4) is 0 Å². The van der Waals surface area contributed by atoms with E-state index in [0.717, 1.165) is 12.2 Å². The van der Waals surface area contributed by atoms with Crippen LogP contribution >= 0.6 is 11.8 Å².